The molecule has 59 heavy (non-hydrogen) atoms. The van der Waals surface area contributed by atoms with Crippen molar-refractivity contribution in [2.75, 3.05) is 4.90 Å². The van der Waals surface area contributed by atoms with Crippen LogP contribution in [0.5, 0.6) is 0 Å². The summed E-state index contributed by atoms with van der Waals surface area (Å²) >= 11 is 1.85. The van der Waals surface area contributed by atoms with E-state index >= 15 is 0 Å². The van der Waals surface area contributed by atoms with E-state index in [1.165, 1.54) is 47.6 Å². The number of rotatable bonds is 6. The molecule has 3 nitrogen and oxygen atoms in total. The van der Waals surface area contributed by atoms with Gasteiger partial charge in [0.1, 0.15) is 11.2 Å². The summed E-state index contributed by atoms with van der Waals surface area (Å²) in [5, 5.41) is 9.23. The molecule has 0 aliphatic rings. The molecule has 0 spiro atoms. The summed E-state index contributed by atoms with van der Waals surface area (Å²) in [7, 11) is 0. The van der Waals surface area contributed by atoms with Crippen molar-refractivity contribution < 1.29 is 4.42 Å². The third-order valence-electron chi connectivity index (χ3n) is 11.7. The van der Waals surface area contributed by atoms with Gasteiger partial charge in [0, 0.05) is 77.1 Å². The van der Waals surface area contributed by atoms with E-state index in [4.69, 9.17) is 4.42 Å². The van der Waals surface area contributed by atoms with Gasteiger partial charge in [-0.3, -0.25) is 4.98 Å². The summed E-state index contributed by atoms with van der Waals surface area (Å²) in [6.45, 7) is 0. The predicted octanol–water partition coefficient (Wildman–Crippen LogP) is 16.1. The molecule has 0 unspecified atom stereocenters. The predicted molar refractivity (Wildman–Crippen MR) is 250 cm³/mol. The number of nitrogens with zero attached hydrogens (tertiary/aromatic N) is 2. The summed E-state index contributed by atoms with van der Waals surface area (Å²) in [5.74, 6) is 0. The maximum atomic E-state index is 6.93. The van der Waals surface area contributed by atoms with Crippen LogP contribution < -0.4 is 4.90 Å². The number of benzene rings is 9. The van der Waals surface area contributed by atoms with Gasteiger partial charge in [0.2, 0.25) is 0 Å². The van der Waals surface area contributed by atoms with Crippen LogP contribution in [0, 0.1) is 0 Å². The number of pyridine rings is 1. The van der Waals surface area contributed by atoms with Crippen LogP contribution in [0.15, 0.2) is 211 Å². The first kappa shape index (κ1) is 33.6. The average molecular weight is 771 g/mol. The zero-order valence-electron chi connectivity index (χ0n) is 31.8. The minimum atomic E-state index is 0.833. The lowest BCUT2D eigenvalue weighted by Crippen LogP contribution is -2.12. The average Bonchev–Trinajstić information content (AvgIpc) is 3.87. The zero-order valence-corrected chi connectivity index (χ0v) is 32.7. The van der Waals surface area contributed by atoms with Crippen LogP contribution in [0.3, 0.4) is 0 Å². The lowest BCUT2D eigenvalue weighted by molar-refractivity contribution is 0.672. The molecule has 0 aliphatic heterocycles. The van der Waals surface area contributed by atoms with Gasteiger partial charge in [0.05, 0.1) is 5.69 Å². The summed E-state index contributed by atoms with van der Waals surface area (Å²) in [6.07, 6.45) is 3.75. The molecule has 3 heterocycles. The molecule has 0 saturated carbocycles. The molecule has 0 bridgehead atoms. The van der Waals surface area contributed by atoms with E-state index in [-0.39, 0.29) is 0 Å². The number of fused-ring (bicyclic) bond motifs is 9. The lowest BCUT2D eigenvalue weighted by Gasteiger charge is -2.29. The quantitative estimate of drug-likeness (QED) is 0.169. The number of anilines is 3. The van der Waals surface area contributed by atoms with E-state index in [1.54, 1.807) is 0 Å². The van der Waals surface area contributed by atoms with Crippen LogP contribution >= 0.6 is 11.3 Å². The molecule has 9 aromatic carbocycles. The van der Waals surface area contributed by atoms with Crippen LogP contribution in [0.2, 0.25) is 0 Å². The largest absolute Gasteiger partial charge is 0.455 e. The minimum absolute atomic E-state index is 0.833. The van der Waals surface area contributed by atoms with Gasteiger partial charge >= 0.3 is 0 Å². The molecule has 0 N–H and O–H groups in total. The number of thiophene rings is 1. The maximum Gasteiger partial charge on any atom is 0.143 e. The van der Waals surface area contributed by atoms with Crippen molar-refractivity contribution in [3.05, 3.63) is 207 Å². The highest BCUT2D eigenvalue weighted by Gasteiger charge is 2.24. The van der Waals surface area contributed by atoms with Crippen molar-refractivity contribution in [2.45, 2.75) is 0 Å². The van der Waals surface area contributed by atoms with Crippen molar-refractivity contribution in [2.24, 2.45) is 0 Å². The number of hydrogen-bond donors (Lipinski definition) is 0. The van der Waals surface area contributed by atoms with E-state index in [9.17, 15) is 0 Å². The molecule has 0 saturated heterocycles. The normalized spacial score (nSPS) is 11.7. The maximum absolute atomic E-state index is 6.93. The second-order valence-corrected chi connectivity index (χ2v) is 16.2. The van der Waals surface area contributed by atoms with Crippen molar-refractivity contribution >= 4 is 92.1 Å². The van der Waals surface area contributed by atoms with Crippen molar-refractivity contribution in [1.82, 2.24) is 4.98 Å². The molecule has 276 valence electrons. The van der Waals surface area contributed by atoms with Gasteiger partial charge < -0.3 is 9.32 Å². The molecule has 0 aliphatic carbocycles. The highest BCUT2D eigenvalue weighted by Crippen LogP contribution is 2.48. The van der Waals surface area contributed by atoms with Crippen molar-refractivity contribution in [1.29, 1.82) is 0 Å². The monoisotopic (exact) mass is 770 g/mol. The Bertz CT molecular complexity index is 3570. The van der Waals surface area contributed by atoms with E-state index in [2.05, 4.69) is 204 Å². The summed E-state index contributed by atoms with van der Waals surface area (Å²) in [5.41, 5.74) is 11.8. The summed E-state index contributed by atoms with van der Waals surface area (Å²) < 4.78 is 9.49. The van der Waals surface area contributed by atoms with Gasteiger partial charge in [0.15, 0.2) is 0 Å². The fraction of sp³-hybridized carbons (Fsp3) is 0. The van der Waals surface area contributed by atoms with Gasteiger partial charge in [-0.25, -0.2) is 0 Å². The number of aromatic nitrogens is 1. The highest BCUT2D eigenvalue weighted by molar-refractivity contribution is 7.25. The van der Waals surface area contributed by atoms with Crippen molar-refractivity contribution in [3.63, 3.8) is 0 Å². The summed E-state index contributed by atoms with van der Waals surface area (Å²) in [4.78, 5) is 6.84. The van der Waals surface area contributed by atoms with Crippen LogP contribution in [0.1, 0.15) is 0 Å². The lowest BCUT2D eigenvalue weighted by atomic mass is 9.95. The molecule has 12 rings (SSSR count). The van der Waals surface area contributed by atoms with Gasteiger partial charge in [-0.1, -0.05) is 133 Å². The molecule has 3 aromatic heterocycles. The fourth-order valence-corrected chi connectivity index (χ4v) is 10.1. The SMILES string of the molecule is c1ccc(-c2cccc(N(c3cc(-c4ccccc4)c4ccccc4c3)c3cc4oc5c6ccncc6ccc5c4cc3-c3ccc4c(c3)sc3ccccc34)c2)cc1. The Labute approximate surface area is 344 Å². The third kappa shape index (κ3) is 5.60. The fourth-order valence-electron chi connectivity index (χ4n) is 8.91. The molecule has 0 fully saturated rings. The Morgan fingerprint density at radius 3 is 2.03 bits per heavy atom. The standard InChI is InChI=1S/C55H34N2OS/c1-3-12-35(13-4-1)37-17-11-18-41(28-37)57(42-29-38-16-7-8-19-43(38)48(31-42)36-14-5-2-6-15-36)51-33-52-50(47-25-23-40-34-56-27-26-44(40)55(47)58-52)32-49(51)39-22-24-46-45-20-9-10-21-53(45)59-54(46)30-39/h1-34H. The molecule has 0 amide bonds. The number of furan rings is 1. The third-order valence-corrected chi connectivity index (χ3v) is 12.8. The van der Waals surface area contributed by atoms with Crippen molar-refractivity contribution in [3.8, 4) is 33.4 Å². The molecule has 12 aromatic rings. The van der Waals surface area contributed by atoms with E-state index in [0.29, 0.717) is 0 Å². The topological polar surface area (TPSA) is 29.3 Å². The Kier molecular flexibility index (Phi) is 7.72. The Hall–Kier alpha value is -7.53. The van der Waals surface area contributed by atoms with Crippen LogP contribution in [-0.4, -0.2) is 4.98 Å². The van der Waals surface area contributed by atoms with Gasteiger partial charge in [-0.15, -0.1) is 11.3 Å². The van der Waals surface area contributed by atoms with Crippen LogP contribution in [0.25, 0.3) is 97.0 Å². The Morgan fingerprint density at radius 1 is 0.407 bits per heavy atom. The molecular formula is C55H34N2OS. The van der Waals surface area contributed by atoms with Gasteiger partial charge in [-0.2, -0.15) is 0 Å². The van der Waals surface area contributed by atoms with E-state index in [0.717, 1.165) is 66.5 Å². The first-order valence-electron chi connectivity index (χ1n) is 19.9. The minimum Gasteiger partial charge on any atom is -0.455 e. The first-order chi connectivity index (χ1) is 29.2. The van der Waals surface area contributed by atoms with Gasteiger partial charge in [-0.05, 0) is 93.2 Å². The molecule has 4 heteroatoms. The van der Waals surface area contributed by atoms with E-state index in [1.807, 2.05) is 23.7 Å². The Morgan fingerprint density at radius 2 is 1.15 bits per heavy atom. The van der Waals surface area contributed by atoms with Crippen LogP contribution in [0.4, 0.5) is 17.1 Å². The van der Waals surface area contributed by atoms with Crippen LogP contribution in [-0.2, 0) is 0 Å². The van der Waals surface area contributed by atoms with Gasteiger partial charge in [0.25, 0.3) is 0 Å². The Balaban J connectivity index is 1.19. The smallest absolute Gasteiger partial charge is 0.143 e. The molecular weight excluding hydrogens is 737 g/mol. The van der Waals surface area contributed by atoms with E-state index < -0.39 is 0 Å². The number of hydrogen-bond acceptors (Lipinski definition) is 4. The first-order valence-corrected chi connectivity index (χ1v) is 20.7. The second-order valence-electron chi connectivity index (χ2n) is 15.1. The molecule has 0 radical (unpaired) electrons. The molecule has 0 atom stereocenters. The second kappa shape index (κ2) is 13.6. The zero-order chi connectivity index (χ0) is 38.9. The summed E-state index contributed by atoms with van der Waals surface area (Å²) in [6, 6.07) is 70.4. The highest BCUT2D eigenvalue weighted by atomic mass is 32.1.